The van der Waals surface area contributed by atoms with Crippen LogP contribution >= 0.6 is 0 Å². The molecule has 0 spiro atoms. The van der Waals surface area contributed by atoms with Crippen LogP contribution in [-0.4, -0.2) is 55.9 Å². The normalized spacial score (nSPS) is 23.2. The summed E-state index contributed by atoms with van der Waals surface area (Å²) in [6.45, 7) is 1.58. The number of carbonyl (C=O) groups is 2. The predicted octanol–water partition coefficient (Wildman–Crippen LogP) is 1.31. The van der Waals surface area contributed by atoms with Crippen LogP contribution in [0.4, 0.5) is 4.79 Å². The van der Waals surface area contributed by atoms with Crippen LogP contribution < -0.4 is 10.1 Å². The lowest BCUT2D eigenvalue weighted by molar-refractivity contribution is -0.125. The van der Waals surface area contributed by atoms with Gasteiger partial charge in [0, 0.05) is 13.2 Å². The number of methoxy groups -OCH3 is 1. The fourth-order valence-corrected chi connectivity index (χ4v) is 2.95. The van der Waals surface area contributed by atoms with Gasteiger partial charge in [-0.2, -0.15) is 0 Å². The van der Waals surface area contributed by atoms with Crippen molar-refractivity contribution in [1.82, 2.24) is 10.2 Å². The first-order chi connectivity index (χ1) is 11.7. The molecule has 7 nitrogen and oxygen atoms in total. The molecule has 0 radical (unpaired) electrons. The Morgan fingerprint density at radius 1 is 1.46 bits per heavy atom. The molecule has 2 heterocycles. The lowest BCUT2D eigenvalue weighted by Gasteiger charge is -2.21. The second kappa shape index (κ2) is 7.53. The topological polar surface area (TPSA) is 77.1 Å². The zero-order valence-electron chi connectivity index (χ0n) is 13.7. The highest BCUT2D eigenvalue weighted by Crippen LogP contribution is 2.20. The summed E-state index contributed by atoms with van der Waals surface area (Å²) in [7, 11) is 1.59. The van der Waals surface area contributed by atoms with Gasteiger partial charge in [-0.05, 0) is 30.5 Å². The van der Waals surface area contributed by atoms with E-state index in [0.717, 1.165) is 25.0 Å². The molecule has 1 aromatic rings. The average molecular weight is 334 g/mol. The molecule has 2 saturated heterocycles. The molecule has 3 rings (SSSR count). The molecule has 1 unspecified atom stereocenters. The third-order valence-electron chi connectivity index (χ3n) is 4.29. The minimum absolute atomic E-state index is 0.0683. The molecular weight excluding hydrogens is 312 g/mol. The number of nitrogens with zero attached hydrogens (tertiary/aromatic N) is 1. The van der Waals surface area contributed by atoms with Gasteiger partial charge in [0.15, 0.2) is 0 Å². The quantitative estimate of drug-likeness (QED) is 0.849. The van der Waals surface area contributed by atoms with Crippen LogP contribution in [0.5, 0.6) is 5.75 Å². The molecule has 2 fully saturated rings. The Hall–Kier alpha value is -2.28. The standard InChI is InChI=1S/C17H22N2O5/c1-22-13-5-2-4-12(8-13)10-19-15(11-24-17(19)21)16(20)18-9-14-6-3-7-23-14/h2,4-5,8,14-15H,3,6-7,9-11H2,1H3,(H,18,20)/t14?,15-/m0/s1. The minimum Gasteiger partial charge on any atom is -0.497 e. The summed E-state index contributed by atoms with van der Waals surface area (Å²) in [5, 5.41) is 2.86. The fraction of sp³-hybridized carbons (Fsp3) is 0.529. The lowest BCUT2D eigenvalue weighted by atomic mass is 10.1. The van der Waals surface area contributed by atoms with Gasteiger partial charge in [-0.3, -0.25) is 9.69 Å². The molecule has 2 aliphatic heterocycles. The number of hydrogen-bond donors (Lipinski definition) is 1. The van der Waals surface area contributed by atoms with E-state index in [4.69, 9.17) is 14.2 Å². The third kappa shape index (κ3) is 3.79. The number of nitrogens with one attached hydrogen (secondary N) is 1. The van der Waals surface area contributed by atoms with Crippen molar-refractivity contribution in [3.63, 3.8) is 0 Å². The Morgan fingerprint density at radius 2 is 2.33 bits per heavy atom. The number of carbonyl (C=O) groups excluding carboxylic acids is 2. The maximum Gasteiger partial charge on any atom is 0.410 e. The van der Waals surface area contributed by atoms with E-state index in [-0.39, 0.29) is 18.6 Å². The number of amides is 2. The maximum absolute atomic E-state index is 12.4. The lowest BCUT2D eigenvalue weighted by Crippen LogP contribution is -2.47. The van der Waals surface area contributed by atoms with Crippen LogP contribution in [-0.2, 0) is 20.8 Å². The van der Waals surface area contributed by atoms with Gasteiger partial charge in [-0.1, -0.05) is 12.1 Å². The summed E-state index contributed by atoms with van der Waals surface area (Å²) in [6.07, 6.45) is 1.57. The highest BCUT2D eigenvalue weighted by Gasteiger charge is 2.38. The number of hydrogen-bond acceptors (Lipinski definition) is 5. The van der Waals surface area contributed by atoms with Crippen molar-refractivity contribution in [2.45, 2.75) is 31.5 Å². The maximum atomic E-state index is 12.4. The Labute approximate surface area is 140 Å². The first kappa shape index (κ1) is 16.6. The fourth-order valence-electron chi connectivity index (χ4n) is 2.95. The smallest absolute Gasteiger partial charge is 0.410 e. The zero-order chi connectivity index (χ0) is 16.9. The Balaban J connectivity index is 1.61. The molecule has 130 valence electrons. The van der Waals surface area contributed by atoms with Crippen molar-refractivity contribution >= 4 is 12.0 Å². The van der Waals surface area contributed by atoms with E-state index in [2.05, 4.69) is 5.32 Å². The first-order valence-corrected chi connectivity index (χ1v) is 8.13. The van der Waals surface area contributed by atoms with Crippen LogP contribution in [0.1, 0.15) is 18.4 Å². The summed E-state index contributed by atoms with van der Waals surface area (Å²) in [5.41, 5.74) is 0.880. The largest absolute Gasteiger partial charge is 0.497 e. The molecule has 0 aliphatic carbocycles. The second-order valence-electron chi connectivity index (χ2n) is 5.95. The van der Waals surface area contributed by atoms with Gasteiger partial charge < -0.3 is 19.5 Å². The SMILES string of the molecule is COc1cccc(CN2C(=O)OC[C@H]2C(=O)NCC2CCCO2)c1. The average Bonchev–Trinajstić information content (AvgIpc) is 3.24. The highest BCUT2D eigenvalue weighted by atomic mass is 16.6. The molecule has 24 heavy (non-hydrogen) atoms. The molecule has 2 atom stereocenters. The van der Waals surface area contributed by atoms with Crippen molar-refractivity contribution in [3.05, 3.63) is 29.8 Å². The highest BCUT2D eigenvalue weighted by molar-refractivity contribution is 5.87. The number of benzene rings is 1. The first-order valence-electron chi connectivity index (χ1n) is 8.13. The number of ether oxygens (including phenoxy) is 3. The van der Waals surface area contributed by atoms with Gasteiger partial charge in [0.25, 0.3) is 0 Å². The Morgan fingerprint density at radius 3 is 3.08 bits per heavy atom. The van der Waals surface area contributed by atoms with Crippen molar-refractivity contribution in [3.8, 4) is 5.75 Å². The molecule has 7 heteroatoms. The third-order valence-corrected chi connectivity index (χ3v) is 4.29. The van der Waals surface area contributed by atoms with E-state index in [9.17, 15) is 9.59 Å². The van der Waals surface area contributed by atoms with E-state index >= 15 is 0 Å². The Bertz CT molecular complexity index is 600. The van der Waals surface area contributed by atoms with Crippen LogP contribution in [0.2, 0.25) is 0 Å². The van der Waals surface area contributed by atoms with Gasteiger partial charge in [0.2, 0.25) is 5.91 Å². The van der Waals surface area contributed by atoms with E-state index in [0.29, 0.717) is 18.8 Å². The molecule has 0 bridgehead atoms. The van der Waals surface area contributed by atoms with Crippen molar-refractivity contribution < 1.29 is 23.8 Å². The molecule has 1 N–H and O–H groups in total. The van der Waals surface area contributed by atoms with Crippen LogP contribution in [0.25, 0.3) is 0 Å². The second-order valence-corrected chi connectivity index (χ2v) is 5.95. The van der Waals surface area contributed by atoms with E-state index in [1.54, 1.807) is 7.11 Å². The van der Waals surface area contributed by atoms with Crippen LogP contribution in [0, 0.1) is 0 Å². The van der Waals surface area contributed by atoms with Crippen molar-refractivity contribution in [1.29, 1.82) is 0 Å². The molecular formula is C17H22N2O5. The molecule has 0 saturated carbocycles. The van der Waals surface area contributed by atoms with Crippen molar-refractivity contribution in [2.75, 3.05) is 26.9 Å². The van der Waals surface area contributed by atoms with Gasteiger partial charge in [-0.15, -0.1) is 0 Å². The van der Waals surface area contributed by atoms with Gasteiger partial charge >= 0.3 is 6.09 Å². The molecule has 2 aliphatic rings. The van der Waals surface area contributed by atoms with Crippen LogP contribution in [0.15, 0.2) is 24.3 Å². The Kier molecular flexibility index (Phi) is 5.20. The summed E-state index contributed by atoms with van der Waals surface area (Å²) >= 11 is 0. The monoisotopic (exact) mass is 334 g/mol. The predicted molar refractivity (Wildman–Crippen MR) is 85.7 cm³/mol. The summed E-state index contributed by atoms with van der Waals surface area (Å²) < 4.78 is 15.7. The minimum atomic E-state index is -0.620. The number of rotatable bonds is 6. The molecule has 0 aromatic heterocycles. The van der Waals surface area contributed by atoms with E-state index in [1.165, 1.54) is 4.90 Å². The number of cyclic esters (lactones) is 1. The van der Waals surface area contributed by atoms with Gasteiger partial charge in [0.1, 0.15) is 18.4 Å². The summed E-state index contributed by atoms with van der Waals surface area (Å²) in [4.78, 5) is 25.8. The van der Waals surface area contributed by atoms with E-state index in [1.807, 2.05) is 24.3 Å². The summed E-state index contributed by atoms with van der Waals surface area (Å²) in [5.74, 6) is 0.499. The van der Waals surface area contributed by atoms with Gasteiger partial charge in [0.05, 0.1) is 19.8 Å². The van der Waals surface area contributed by atoms with Crippen LogP contribution in [0.3, 0.4) is 0 Å². The zero-order valence-corrected chi connectivity index (χ0v) is 13.7. The van der Waals surface area contributed by atoms with E-state index < -0.39 is 12.1 Å². The van der Waals surface area contributed by atoms with Gasteiger partial charge in [-0.25, -0.2) is 4.79 Å². The summed E-state index contributed by atoms with van der Waals surface area (Å²) in [6, 6.07) is 6.78. The molecule has 1 aromatic carbocycles. The van der Waals surface area contributed by atoms with Crippen molar-refractivity contribution in [2.24, 2.45) is 0 Å². The molecule has 2 amide bonds.